The summed E-state index contributed by atoms with van der Waals surface area (Å²) in [5.74, 6) is 0.0355. The van der Waals surface area contributed by atoms with Crippen LogP contribution in [0.2, 0.25) is 0 Å². The number of aromatic amines is 1. The van der Waals surface area contributed by atoms with E-state index in [0.717, 1.165) is 17.0 Å². The first-order chi connectivity index (χ1) is 14.8. The highest BCUT2D eigenvalue weighted by molar-refractivity contribution is 5.81. The molecule has 0 unspecified atom stereocenters. The first-order valence-electron chi connectivity index (χ1n) is 9.50. The van der Waals surface area contributed by atoms with Gasteiger partial charge in [0.2, 0.25) is 5.95 Å². The van der Waals surface area contributed by atoms with Crippen LogP contribution in [0.5, 0.6) is 5.75 Å². The summed E-state index contributed by atoms with van der Waals surface area (Å²) in [6, 6.07) is 7.56. The molecule has 0 atom stereocenters. The Kier molecular flexibility index (Phi) is 5.58. The molecule has 0 aromatic carbocycles. The fourth-order valence-corrected chi connectivity index (χ4v) is 3.29. The fraction of sp³-hybridized carbons (Fsp3) is 0.227. The highest BCUT2D eigenvalue weighted by atomic mass is 19.4. The number of aromatic nitrogens is 4. The van der Waals surface area contributed by atoms with Crippen LogP contribution < -0.4 is 4.74 Å². The molecule has 4 heterocycles. The molecular formula is C22H18F4N4O. The van der Waals surface area contributed by atoms with Crippen molar-refractivity contribution in [2.45, 2.75) is 25.4 Å². The van der Waals surface area contributed by atoms with Crippen molar-refractivity contribution in [2.75, 3.05) is 7.11 Å². The molecule has 0 radical (unpaired) electrons. The van der Waals surface area contributed by atoms with Crippen LogP contribution in [0.25, 0.3) is 11.0 Å². The summed E-state index contributed by atoms with van der Waals surface area (Å²) < 4.78 is 57.6. The molecule has 31 heavy (non-hydrogen) atoms. The highest BCUT2D eigenvalue weighted by Gasteiger charge is 2.31. The molecule has 0 aliphatic heterocycles. The number of halogens is 4. The van der Waals surface area contributed by atoms with E-state index in [-0.39, 0.29) is 0 Å². The number of fused-ring (bicyclic) bond motifs is 1. The van der Waals surface area contributed by atoms with Gasteiger partial charge in [0.05, 0.1) is 13.3 Å². The summed E-state index contributed by atoms with van der Waals surface area (Å²) in [4.78, 5) is 14.8. The lowest BCUT2D eigenvalue weighted by Crippen LogP contribution is -2.08. The van der Waals surface area contributed by atoms with Crippen LogP contribution in [0.15, 0.2) is 48.9 Å². The average Bonchev–Trinajstić information content (AvgIpc) is 3.15. The fourth-order valence-electron chi connectivity index (χ4n) is 3.29. The number of nitrogens with zero attached hydrogens (tertiary/aromatic N) is 3. The van der Waals surface area contributed by atoms with E-state index >= 15 is 0 Å². The topological polar surface area (TPSA) is 63.7 Å². The Labute approximate surface area is 175 Å². The van der Waals surface area contributed by atoms with Crippen LogP contribution in [-0.4, -0.2) is 27.0 Å². The molecule has 0 amide bonds. The standard InChI is InChI=1S/C22H18F4N4O/c1-31-17-9-18-15(11-28-21(18)29-12-17)8-14-4-6-16(30-20(14)23)5-2-13-3-7-19(27-10-13)22(24,25)26/h3-4,6-7,9-12H,2,5,8H2,1H3,(H,28,29). The van der Waals surface area contributed by atoms with Gasteiger partial charge in [-0.1, -0.05) is 12.1 Å². The van der Waals surface area contributed by atoms with Gasteiger partial charge in [0, 0.05) is 35.5 Å². The molecular weight excluding hydrogens is 412 g/mol. The summed E-state index contributed by atoms with van der Waals surface area (Å²) in [5.41, 5.74) is 2.19. The van der Waals surface area contributed by atoms with Gasteiger partial charge in [-0.05, 0) is 42.2 Å². The molecule has 0 saturated carbocycles. The summed E-state index contributed by atoms with van der Waals surface area (Å²) in [7, 11) is 1.55. The van der Waals surface area contributed by atoms with Gasteiger partial charge in [0.1, 0.15) is 17.1 Å². The molecule has 5 nitrogen and oxygen atoms in total. The molecule has 0 saturated heterocycles. The number of hydrogen-bond acceptors (Lipinski definition) is 4. The maximum absolute atomic E-state index is 14.6. The number of pyridine rings is 3. The van der Waals surface area contributed by atoms with Crippen molar-refractivity contribution in [3.63, 3.8) is 0 Å². The van der Waals surface area contributed by atoms with Crippen molar-refractivity contribution in [3.8, 4) is 5.75 Å². The molecule has 0 aliphatic rings. The van der Waals surface area contributed by atoms with Gasteiger partial charge in [0.15, 0.2) is 0 Å². The van der Waals surface area contributed by atoms with E-state index < -0.39 is 17.8 Å². The van der Waals surface area contributed by atoms with Gasteiger partial charge in [-0.25, -0.2) is 9.97 Å². The monoisotopic (exact) mass is 430 g/mol. The van der Waals surface area contributed by atoms with Crippen molar-refractivity contribution >= 4 is 11.0 Å². The lowest BCUT2D eigenvalue weighted by atomic mass is 10.0. The predicted octanol–water partition coefficient (Wildman–Crippen LogP) is 4.90. The molecule has 9 heteroatoms. The van der Waals surface area contributed by atoms with Crippen LogP contribution in [0.3, 0.4) is 0 Å². The molecule has 0 fully saturated rings. The van der Waals surface area contributed by atoms with E-state index in [1.807, 2.05) is 6.07 Å². The van der Waals surface area contributed by atoms with Crippen LogP contribution >= 0.6 is 0 Å². The Bertz CT molecular complexity index is 1200. The second-order valence-corrected chi connectivity index (χ2v) is 7.06. The maximum Gasteiger partial charge on any atom is 0.433 e. The summed E-state index contributed by atoms with van der Waals surface area (Å²) >= 11 is 0. The first-order valence-corrected chi connectivity index (χ1v) is 9.50. The number of ether oxygens (including phenoxy) is 1. The largest absolute Gasteiger partial charge is 0.495 e. The minimum atomic E-state index is -4.47. The molecule has 0 bridgehead atoms. The normalized spacial score (nSPS) is 11.8. The summed E-state index contributed by atoms with van der Waals surface area (Å²) in [6.07, 6.45) is 1.23. The van der Waals surface area contributed by atoms with E-state index in [2.05, 4.69) is 19.9 Å². The summed E-state index contributed by atoms with van der Waals surface area (Å²) in [6.45, 7) is 0. The number of aryl methyl sites for hydroxylation is 2. The molecule has 0 aliphatic carbocycles. The molecule has 4 rings (SSSR count). The Hall–Kier alpha value is -3.49. The number of H-pyrrole nitrogens is 1. The molecule has 0 spiro atoms. The van der Waals surface area contributed by atoms with Crippen molar-refractivity contribution in [3.05, 3.63) is 82.9 Å². The second kappa shape index (κ2) is 8.33. The third-order valence-corrected chi connectivity index (χ3v) is 4.98. The van der Waals surface area contributed by atoms with E-state index in [1.165, 1.54) is 12.3 Å². The maximum atomic E-state index is 14.6. The highest BCUT2D eigenvalue weighted by Crippen LogP contribution is 2.27. The number of alkyl halides is 3. The van der Waals surface area contributed by atoms with Crippen molar-refractivity contribution < 1.29 is 22.3 Å². The van der Waals surface area contributed by atoms with Gasteiger partial charge in [-0.15, -0.1) is 0 Å². The lowest BCUT2D eigenvalue weighted by molar-refractivity contribution is -0.141. The zero-order valence-electron chi connectivity index (χ0n) is 16.5. The lowest BCUT2D eigenvalue weighted by Gasteiger charge is -2.08. The quantitative estimate of drug-likeness (QED) is 0.349. The minimum absolute atomic E-state index is 0.330. The number of rotatable bonds is 6. The van der Waals surface area contributed by atoms with Gasteiger partial charge in [-0.2, -0.15) is 17.6 Å². The van der Waals surface area contributed by atoms with E-state index in [1.54, 1.807) is 31.6 Å². The number of hydrogen-bond donors (Lipinski definition) is 1. The van der Waals surface area contributed by atoms with Crippen LogP contribution in [0.1, 0.15) is 28.1 Å². The number of nitrogens with one attached hydrogen (secondary N) is 1. The molecule has 4 aromatic rings. The van der Waals surface area contributed by atoms with Gasteiger partial charge < -0.3 is 9.72 Å². The average molecular weight is 430 g/mol. The van der Waals surface area contributed by atoms with Crippen molar-refractivity contribution in [1.82, 2.24) is 19.9 Å². The smallest absolute Gasteiger partial charge is 0.433 e. The number of methoxy groups -OCH3 is 1. The SMILES string of the molecule is COc1cnc2[nH]cc(Cc3ccc(CCc4ccc(C(F)(F)F)nc4)nc3F)c2c1. The van der Waals surface area contributed by atoms with Crippen molar-refractivity contribution in [1.29, 1.82) is 0 Å². The molecule has 160 valence electrons. The Morgan fingerprint density at radius 2 is 1.84 bits per heavy atom. The third-order valence-electron chi connectivity index (χ3n) is 4.98. The Morgan fingerprint density at radius 1 is 1.00 bits per heavy atom. The van der Waals surface area contributed by atoms with Crippen LogP contribution in [-0.2, 0) is 25.4 Å². The van der Waals surface area contributed by atoms with E-state index in [9.17, 15) is 17.6 Å². The van der Waals surface area contributed by atoms with Crippen LogP contribution in [0, 0.1) is 5.95 Å². The zero-order chi connectivity index (χ0) is 22.0. The van der Waals surface area contributed by atoms with Gasteiger partial charge >= 0.3 is 6.18 Å². The molecule has 1 N–H and O–H groups in total. The van der Waals surface area contributed by atoms with E-state index in [4.69, 9.17) is 4.74 Å². The van der Waals surface area contributed by atoms with Gasteiger partial charge in [-0.3, -0.25) is 4.98 Å². The first kappa shape index (κ1) is 20.8. The van der Waals surface area contributed by atoms with E-state index in [0.29, 0.717) is 47.5 Å². The second-order valence-electron chi connectivity index (χ2n) is 7.06. The van der Waals surface area contributed by atoms with Crippen molar-refractivity contribution in [2.24, 2.45) is 0 Å². The third kappa shape index (κ3) is 4.65. The van der Waals surface area contributed by atoms with Gasteiger partial charge in [0.25, 0.3) is 0 Å². The Balaban J connectivity index is 1.45. The minimum Gasteiger partial charge on any atom is -0.495 e. The summed E-state index contributed by atoms with van der Waals surface area (Å²) in [5, 5.41) is 0.845. The Morgan fingerprint density at radius 3 is 2.52 bits per heavy atom. The zero-order valence-corrected chi connectivity index (χ0v) is 16.5. The molecule has 4 aromatic heterocycles. The predicted molar refractivity (Wildman–Crippen MR) is 106 cm³/mol. The van der Waals surface area contributed by atoms with Crippen LogP contribution in [0.4, 0.5) is 17.6 Å².